The summed E-state index contributed by atoms with van der Waals surface area (Å²) in [6.45, 7) is 14.5. The summed E-state index contributed by atoms with van der Waals surface area (Å²) in [5.41, 5.74) is 1.37. The van der Waals surface area contributed by atoms with E-state index in [1.165, 1.54) is 5.56 Å². The molecule has 1 unspecified atom stereocenters. The molecule has 0 fully saturated rings. The van der Waals surface area contributed by atoms with Crippen LogP contribution in [0, 0.1) is 0 Å². The SMILES string of the molecule is CC(CO[Si](C)(C)C(C)(C)C)c1ccccc1. The first-order valence-corrected chi connectivity index (χ1v) is 9.34. The van der Waals surface area contributed by atoms with Gasteiger partial charge >= 0.3 is 0 Å². The van der Waals surface area contributed by atoms with E-state index in [1.54, 1.807) is 0 Å². The van der Waals surface area contributed by atoms with E-state index >= 15 is 0 Å². The third-order valence-electron chi connectivity index (χ3n) is 3.87. The normalized spacial score (nSPS) is 14.7. The third kappa shape index (κ3) is 3.97. The maximum atomic E-state index is 6.25. The van der Waals surface area contributed by atoms with Crippen LogP contribution in [0.5, 0.6) is 0 Å². The second-order valence-electron chi connectivity index (χ2n) is 6.38. The highest BCUT2D eigenvalue weighted by Gasteiger charge is 2.37. The maximum Gasteiger partial charge on any atom is 0.192 e. The largest absolute Gasteiger partial charge is 0.416 e. The van der Waals surface area contributed by atoms with Crippen LogP contribution < -0.4 is 0 Å². The standard InChI is InChI=1S/C15H26OSi/c1-13(14-10-8-7-9-11-14)12-16-17(5,6)15(2,3)4/h7-11,13H,12H2,1-6H3. The van der Waals surface area contributed by atoms with Crippen LogP contribution in [0.3, 0.4) is 0 Å². The molecule has 17 heavy (non-hydrogen) atoms. The molecule has 0 saturated carbocycles. The Balaban J connectivity index is 2.58. The van der Waals surface area contributed by atoms with E-state index in [9.17, 15) is 0 Å². The quantitative estimate of drug-likeness (QED) is 0.697. The predicted octanol–water partition coefficient (Wildman–Crippen LogP) is 4.81. The maximum absolute atomic E-state index is 6.25. The van der Waals surface area contributed by atoms with Gasteiger partial charge in [-0.1, -0.05) is 58.0 Å². The lowest BCUT2D eigenvalue weighted by molar-refractivity contribution is 0.269. The highest BCUT2D eigenvalue weighted by Crippen LogP contribution is 2.37. The monoisotopic (exact) mass is 250 g/mol. The molecule has 0 aliphatic heterocycles. The van der Waals surface area contributed by atoms with Crippen molar-refractivity contribution in [1.29, 1.82) is 0 Å². The van der Waals surface area contributed by atoms with Crippen LogP contribution in [-0.4, -0.2) is 14.9 Å². The molecular formula is C15H26OSi. The summed E-state index contributed by atoms with van der Waals surface area (Å²) in [4.78, 5) is 0. The number of benzene rings is 1. The second kappa shape index (κ2) is 5.36. The van der Waals surface area contributed by atoms with E-state index in [-0.39, 0.29) is 0 Å². The lowest BCUT2D eigenvalue weighted by atomic mass is 10.0. The Morgan fingerprint density at radius 2 is 1.65 bits per heavy atom. The molecule has 0 bridgehead atoms. The van der Waals surface area contributed by atoms with Gasteiger partial charge in [-0.2, -0.15) is 0 Å². The Kier molecular flexibility index (Phi) is 4.56. The molecule has 1 rings (SSSR count). The fourth-order valence-electron chi connectivity index (χ4n) is 1.43. The van der Waals surface area contributed by atoms with Gasteiger partial charge in [0.2, 0.25) is 0 Å². The van der Waals surface area contributed by atoms with Gasteiger partial charge in [0.15, 0.2) is 8.32 Å². The van der Waals surface area contributed by atoms with Crippen molar-refractivity contribution in [3.63, 3.8) is 0 Å². The minimum absolute atomic E-state index is 0.295. The van der Waals surface area contributed by atoms with E-state index in [0.717, 1.165) is 6.61 Å². The van der Waals surface area contributed by atoms with E-state index in [4.69, 9.17) is 4.43 Å². The zero-order chi connectivity index (χ0) is 13.1. The van der Waals surface area contributed by atoms with Crippen LogP contribution in [-0.2, 0) is 4.43 Å². The minimum Gasteiger partial charge on any atom is -0.416 e. The van der Waals surface area contributed by atoms with Gasteiger partial charge in [0.1, 0.15) is 0 Å². The molecule has 0 spiro atoms. The van der Waals surface area contributed by atoms with Crippen LogP contribution in [0.25, 0.3) is 0 Å². The minimum atomic E-state index is -1.60. The number of hydrogen-bond donors (Lipinski definition) is 0. The zero-order valence-corrected chi connectivity index (χ0v) is 13.1. The first-order chi connectivity index (χ1) is 7.74. The van der Waals surface area contributed by atoms with Crippen molar-refractivity contribution in [3.8, 4) is 0 Å². The Bertz CT molecular complexity index is 338. The van der Waals surface area contributed by atoms with Crippen molar-refractivity contribution < 1.29 is 4.43 Å². The zero-order valence-electron chi connectivity index (χ0n) is 12.1. The van der Waals surface area contributed by atoms with Gasteiger partial charge in [-0.05, 0) is 23.7 Å². The Morgan fingerprint density at radius 1 is 1.12 bits per heavy atom. The molecule has 0 aliphatic carbocycles. The molecule has 1 aromatic carbocycles. The van der Waals surface area contributed by atoms with Gasteiger partial charge in [0, 0.05) is 12.5 Å². The first-order valence-electron chi connectivity index (χ1n) is 6.43. The molecule has 0 N–H and O–H groups in total. The van der Waals surface area contributed by atoms with Gasteiger partial charge in [-0.3, -0.25) is 0 Å². The third-order valence-corrected chi connectivity index (χ3v) is 8.37. The summed E-state index contributed by atoms with van der Waals surface area (Å²) in [7, 11) is -1.60. The summed E-state index contributed by atoms with van der Waals surface area (Å²) >= 11 is 0. The van der Waals surface area contributed by atoms with Crippen molar-refractivity contribution in [2.45, 2.75) is 51.7 Å². The molecule has 2 heteroatoms. The molecule has 0 amide bonds. The van der Waals surface area contributed by atoms with Gasteiger partial charge in [0.25, 0.3) is 0 Å². The van der Waals surface area contributed by atoms with Crippen LogP contribution in [0.1, 0.15) is 39.2 Å². The Hall–Kier alpha value is -0.603. The summed E-state index contributed by atoms with van der Waals surface area (Å²) in [6, 6.07) is 10.6. The van der Waals surface area contributed by atoms with Crippen molar-refractivity contribution >= 4 is 8.32 Å². The molecule has 1 atom stereocenters. The first kappa shape index (κ1) is 14.5. The Morgan fingerprint density at radius 3 is 2.12 bits per heavy atom. The van der Waals surface area contributed by atoms with Crippen LogP contribution >= 0.6 is 0 Å². The van der Waals surface area contributed by atoms with Crippen molar-refractivity contribution in [1.82, 2.24) is 0 Å². The highest BCUT2D eigenvalue weighted by atomic mass is 28.4. The topological polar surface area (TPSA) is 9.23 Å². The smallest absolute Gasteiger partial charge is 0.192 e. The summed E-state index contributed by atoms with van der Waals surface area (Å²) in [6.07, 6.45) is 0. The molecule has 0 aromatic heterocycles. The van der Waals surface area contributed by atoms with Gasteiger partial charge in [0.05, 0.1) is 0 Å². The van der Waals surface area contributed by atoms with Gasteiger partial charge < -0.3 is 4.43 Å². The average molecular weight is 250 g/mol. The van der Waals surface area contributed by atoms with Crippen LogP contribution in [0.15, 0.2) is 30.3 Å². The highest BCUT2D eigenvalue weighted by molar-refractivity contribution is 6.74. The van der Waals surface area contributed by atoms with Crippen molar-refractivity contribution in [2.24, 2.45) is 0 Å². The molecule has 0 saturated heterocycles. The average Bonchev–Trinajstić information content (AvgIpc) is 2.25. The van der Waals surface area contributed by atoms with Crippen LogP contribution in [0.4, 0.5) is 0 Å². The van der Waals surface area contributed by atoms with Crippen molar-refractivity contribution in [2.75, 3.05) is 6.61 Å². The molecule has 0 heterocycles. The summed E-state index contributed by atoms with van der Waals surface area (Å²) in [5.74, 6) is 0.477. The van der Waals surface area contributed by atoms with E-state index in [1.807, 2.05) is 0 Å². The predicted molar refractivity (Wildman–Crippen MR) is 78.0 cm³/mol. The lowest BCUT2D eigenvalue weighted by Gasteiger charge is -2.37. The lowest BCUT2D eigenvalue weighted by Crippen LogP contribution is -2.41. The molecule has 1 aromatic rings. The number of hydrogen-bond acceptors (Lipinski definition) is 1. The van der Waals surface area contributed by atoms with Crippen molar-refractivity contribution in [3.05, 3.63) is 35.9 Å². The van der Waals surface area contributed by atoms with E-state index in [2.05, 4.69) is 71.1 Å². The fraction of sp³-hybridized carbons (Fsp3) is 0.600. The molecule has 0 aliphatic rings. The Labute approximate surface area is 107 Å². The van der Waals surface area contributed by atoms with Crippen LogP contribution in [0.2, 0.25) is 18.1 Å². The van der Waals surface area contributed by atoms with Gasteiger partial charge in [-0.15, -0.1) is 0 Å². The molecule has 0 radical (unpaired) electrons. The molecule has 96 valence electrons. The van der Waals surface area contributed by atoms with E-state index < -0.39 is 8.32 Å². The summed E-state index contributed by atoms with van der Waals surface area (Å²) in [5, 5.41) is 0.295. The number of rotatable bonds is 4. The summed E-state index contributed by atoms with van der Waals surface area (Å²) < 4.78 is 6.25. The second-order valence-corrected chi connectivity index (χ2v) is 11.2. The van der Waals surface area contributed by atoms with Gasteiger partial charge in [-0.25, -0.2) is 0 Å². The fourth-order valence-corrected chi connectivity index (χ4v) is 2.53. The molecule has 1 nitrogen and oxygen atoms in total. The molecular weight excluding hydrogens is 224 g/mol. The van der Waals surface area contributed by atoms with E-state index in [0.29, 0.717) is 11.0 Å².